The summed E-state index contributed by atoms with van der Waals surface area (Å²) in [6.07, 6.45) is 7.17. The first-order valence-electron chi connectivity index (χ1n) is 44.0. The Morgan fingerprint density at radius 1 is 0.531 bits per heavy atom. The highest BCUT2D eigenvalue weighted by Gasteiger charge is 2.45. The van der Waals surface area contributed by atoms with Crippen molar-refractivity contribution in [2.45, 2.75) is 235 Å². The van der Waals surface area contributed by atoms with Crippen LogP contribution in [0.2, 0.25) is 0 Å². The van der Waals surface area contributed by atoms with Crippen LogP contribution in [0.4, 0.5) is 0 Å². The van der Waals surface area contributed by atoms with E-state index in [1.165, 1.54) is 86.5 Å². The lowest BCUT2D eigenvalue weighted by atomic mass is 10.00. The third-order valence-electron chi connectivity index (χ3n) is 23.7. The van der Waals surface area contributed by atoms with E-state index in [-0.39, 0.29) is 108 Å². The third-order valence-corrected chi connectivity index (χ3v) is 24.7. The Balaban J connectivity index is 1.07. The molecule has 704 valence electrons. The van der Waals surface area contributed by atoms with Gasteiger partial charge in [-0.25, -0.2) is 4.98 Å². The van der Waals surface area contributed by atoms with Crippen LogP contribution >= 0.6 is 11.8 Å². The molecule has 9 rings (SSSR count). The van der Waals surface area contributed by atoms with Crippen LogP contribution in [0.15, 0.2) is 97.7 Å². The number of unbranched alkanes of at least 4 members (excludes halogenated alkanes) is 2. The molecule has 3 aromatic carbocycles. The standard InChI is InChI=1S/C89H123N21O19S/c1-10-12-24-69-82(122)97-50(5)76(116)105-68(78(118)95-44-74(91)114)46-130-47-75(115)98-64(37-52-28-31-56(112)32-29-52)85(125)106(7)51(6)77(117)101-66(40-73(90)113)88(128)110-35-19-27-71(110)84(124)100-62(39-55-43-92-48-96-55)80(120)102-63(36-49(3)4)87(127)109-34-18-26-70(109)83(123)99-61(33-30-53-41-93-59-22-16-14-20-57(53)59)79(119)104-67(45-111)81(121)103-65(38-54-42-94-60-23-17-15-21-58(54)60)86(126)108(9)72(25-13-11-2)89(129)107(69)8/h14-17,20-23,28-29,31-32,41-43,48-51,61-72,93-94,111-112H,10-13,18-19,24-27,30,33-40,44-47H2,1-9H3,(H2,90,113)(H2,91,114)(H,92,96)(H,95,118)(H,97,122)(H,98,115)(H,99,123)(H,100,124)(H,101,117)(H,102,120)(H,103,121)(H,104,119)(H,105,116)/t50-,51-,61-,62-,63-,64-,65-,66-,67-,68-,69-,70?,71-,72-/m0/s1. The van der Waals surface area contributed by atoms with Crippen molar-refractivity contribution in [2.75, 3.05) is 58.9 Å². The molecule has 0 radical (unpaired) electrons. The number of primary amides is 2. The number of fused-ring (bicyclic) bond motifs is 4. The lowest BCUT2D eigenvalue weighted by Gasteiger charge is -2.36. The minimum atomic E-state index is -1.82. The van der Waals surface area contributed by atoms with Gasteiger partial charge in [-0.1, -0.05) is 102 Å². The van der Waals surface area contributed by atoms with E-state index in [1.807, 2.05) is 38.1 Å². The number of aromatic hydroxyl groups is 1. The van der Waals surface area contributed by atoms with Gasteiger partial charge >= 0.3 is 0 Å². The number of aromatic nitrogens is 4. The lowest BCUT2D eigenvalue weighted by Crippen LogP contribution is -2.61. The molecule has 130 heavy (non-hydrogen) atoms. The zero-order chi connectivity index (χ0) is 94.7. The molecule has 0 saturated carbocycles. The van der Waals surface area contributed by atoms with Crippen molar-refractivity contribution in [1.29, 1.82) is 0 Å². The van der Waals surface area contributed by atoms with Crippen LogP contribution < -0.4 is 64.6 Å². The fraction of sp³-hybridized carbons (Fsp3) is 0.528. The Morgan fingerprint density at radius 2 is 1.06 bits per heavy atom. The quantitative estimate of drug-likeness (QED) is 0.0375. The number of benzene rings is 3. The first-order chi connectivity index (χ1) is 62.0. The van der Waals surface area contributed by atoms with E-state index in [9.17, 15) is 58.2 Å². The topological polar surface area (TPSA) is 579 Å². The number of likely N-dealkylation sites (N-methyl/N-ethyl adjacent to an activating group) is 3. The summed E-state index contributed by atoms with van der Waals surface area (Å²) < 4.78 is 0. The summed E-state index contributed by atoms with van der Waals surface area (Å²) in [6.45, 7) is 8.09. The highest BCUT2D eigenvalue weighted by molar-refractivity contribution is 8.00. The Hall–Kier alpha value is -13.0. The van der Waals surface area contributed by atoms with E-state index in [0.717, 1.165) is 38.0 Å². The van der Waals surface area contributed by atoms with Gasteiger partial charge in [-0.2, -0.15) is 0 Å². The maximum absolute atomic E-state index is 15.6. The molecule has 6 aromatic rings. The van der Waals surface area contributed by atoms with Crippen molar-refractivity contribution < 1.29 is 91.7 Å². The monoisotopic (exact) mass is 1820 g/mol. The molecule has 17 amide bonds. The Morgan fingerprint density at radius 3 is 1.65 bits per heavy atom. The number of thioether (sulfide) groups is 1. The molecule has 0 bridgehead atoms. The van der Waals surface area contributed by atoms with Gasteiger partial charge in [0.05, 0.1) is 37.3 Å². The minimum Gasteiger partial charge on any atom is -0.508 e. The van der Waals surface area contributed by atoms with E-state index < -0.39 is 216 Å². The summed E-state index contributed by atoms with van der Waals surface area (Å²) in [5.74, 6) is -16.4. The fourth-order valence-corrected chi connectivity index (χ4v) is 17.1. The van der Waals surface area contributed by atoms with Crippen LogP contribution in [0, 0.1) is 5.92 Å². The predicted molar refractivity (Wildman–Crippen MR) is 480 cm³/mol. The second-order valence-corrected chi connectivity index (χ2v) is 34.8. The van der Waals surface area contributed by atoms with Crippen molar-refractivity contribution in [1.82, 2.24) is 97.6 Å². The number of aryl methyl sites for hydroxylation is 1. The van der Waals surface area contributed by atoms with Gasteiger partial charge in [0.1, 0.15) is 90.3 Å². The number of hydrogen-bond donors (Lipinski definition) is 17. The summed E-state index contributed by atoms with van der Waals surface area (Å²) in [5.41, 5.74) is 14.5. The number of H-pyrrole nitrogens is 3. The van der Waals surface area contributed by atoms with Gasteiger partial charge in [0, 0.05) is 99.6 Å². The smallest absolute Gasteiger partial charge is 0.246 e. The highest BCUT2D eigenvalue weighted by atomic mass is 32.2. The molecule has 3 fully saturated rings. The van der Waals surface area contributed by atoms with E-state index in [2.05, 4.69) is 73.1 Å². The van der Waals surface area contributed by atoms with E-state index in [4.69, 9.17) is 11.5 Å². The SMILES string of the molecule is CCCC[C@H]1C(=O)N(C)[C@@H](CCCC)C(=O)N[C@@H](C)C(=O)N[C@H](C(=O)NCC(N)=O)CSCC(=O)N[C@@H](Cc2ccc(O)cc2)C(=O)N(C)[C@@H](C)C(=O)N[C@@H](CC(N)=O)C(=O)N2CCC[C@H]2C(=O)N[C@@H](Cc2c[nH]cn2)C(=O)N[C@@H](CC(C)C)C(=O)N2CCCC2C(=O)N[C@@H](CCc2c[nH]c3ccccc23)C(=O)N[C@@H](CO)C(=O)N[C@@H](Cc2c[nH]c3ccccc23)C(=O)N1C. The average Bonchev–Trinajstić information content (AvgIpc) is 1.45. The highest BCUT2D eigenvalue weighted by Crippen LogP contribution is 2.28. The number of nitrogens with one attached hydrogen (secondary N) is 13. The number of aliphatic hydroxyl groups excluding tert-OH is 1. The number of nitrogens with zero attached hydrogens (tertiary/aromatic N) is 6. The molecule has 1 unspecified atom stereocenters. The number of phenolic OH excluding ortho intramolecular Hbond substituents is 1. The lowest BCUT2D eigenvalue weighted by molar-refractivity contribution is -0.149. The molecule has 3 aliphatic heterocycles. The predicted octanol–water partition coefficient (Wildman–Crippen LogP) is -0.753. The normalized spacial score (nSPS) is 24.7. The Kier molecular flexibility index (Phi) is 37.2. The molecule has 0 aliphatic carbocycles. The third kappa shape index (κ3) is 27.3. The van der Waals surface area contributed by atoms with Gasteiger partial charge in [-0.05, 0) is 119 Å². The number of para-hydroxylation sites is 2. The number of carbonyl (C=O) groups is 17. The minimum absolute atomic E-state index is 0.00396. The van der Waals surface area contributed by atoms with Crippen molar-refractivity contribution in [3.63, 3.8) is 0 Å². The maximum Gasteiger partial charge on any atom is 0.246 e. The molecule has 3 saturated heterocycles. The fourth-order valence-electron chi connectivity index (χ4n) is 16.3. The Labute approximate surface area is 757 Å². The van der Waals surface area contributed by atoms with Crippen LogP contribution in [0.25, 0.3) is 21.8 Å². The zero-order valence-electron chi connectivity index (χ0n) is 74.7. The molecule has 6 heterocycles. The number of nitrogens with two attached hydrogens (primary N) is 2. The summed E-state index contributed by atoms with van der Waals surface area (Å²) >= 11 is 0.790. The zero-order valence-corrected chi connectivity index (χ0v) is 75.6. The van der Waals surface area contributed by atoms with Crippen molar-refractivity contribution >= 4 is 134 Å². The van der Waals surface area contributed by atoms with Crippen LogP contribution in [0.3, 0.4) is 0 Å². The molecular formula is C89H123N21O19S. The van der Waals surface area contributed by atoms with Crippen molar-refractivity contribution in [2.24, 2.45) is 17.4 Å². The van der Waals surface area contributed by atoms with Crippen molar-refractivity contribution in [3.8, 4) is 5.75 Å². The van der Waals surface area contributed by atoms with Crippen molar-refractivity contribution in [3.05, 3.63) is 120 Å². The molecule has 3 aliphatic rings. The molecule has 14 atom stereocenters. The molecule has 3 aromatic heterocycles. The molecule has 19 N–H and O–H groups in total. The average molecular weight is 1820 g/mol. The summed E-state index contributed by atoms with van der Waals surface area (Å²) in [7, 11) is 3.97. The Bertz CT molecular complexity index is 5020. The van der Waals surface area contributed by atoms with Gasteiger partial charge < -0.3 is 114 Å². The van der Waals surface area contributed by atoms with Gasteiger partial charge in [0.2, 0.25) is 100 Å². The molecule has 0 spiro atoms. The second-order valence-electron chi connectivity index (χ2n) is 33.8. The van der Waals surface area contributed by atoms with Gasteiger partial charge in [-0.3, -0.25) is 81.5 Å². The number of aliphatic hydroxyl groups is 1. The number of hydrogen-bond acceptors (Lipinski definition) is 21. The van der Waals surface area contributed by atoms with Crippen LogP contribution in [-0.2, 0) is 107 Å². The second kappa shape index (κ2) is 47.9. The van der Waals surface area contributed by atoms with Crippen LogP contribution in [-0.4, -0.2) is 299 Å². The molecular weight excluding hydrogens is 1700 g/mol. The summed E-state index contributed by atoms with van der Waals surface area (Å²) in [4.78, 5) is 267. The maximum atomic E-state index is 15.6. The summed E-state index contributed by atoms with van der Waals surface area (Å²) in [6, 6.07) is -0.498. The largest absolute Gasteiger partial charge is 0.508 e. The summed E-state index contributed by atoms with van der Waals surface area (Å²) in [5, 5.41) is 49.4. The van der Waals surface area contributed by atoms with Gasteiger partial charge in [-0.15, -0.1) is 11.8 Å². The first kappa shape index (κ1) is 101. The number of imidazole rings is 1. The number of aromatic amines is 3. The van der Waals surface area contributed by atoms with Gasteiger partial charge in [0.15, 0.2) is 0 Å². The molecule has 40 nitrogen and oxygen atoms in total. The number of rotatable bonds is 23. The number of carbonyl (C=O) groups excluding carboxylic acids is 17. The number of phenols is 1. The van der Waals surface area contributed by atoms with E-state index in [0.29, 0.717) is 47.7 Å². The van der Waals surface area contributed by atoms with E-state index in [1.54, 1.807) is 50.5 Å². The number of amides is 17. The first-order valence-corrected chi connectivity index (χ1v) is 45.2. The van der Waals surface area contributed by atoms with Crippen LogP contribution in [0.1, 0.15) is 147 Å². The molecule has 41 heteroatoms. The van der Waals surface area contributed by atoms with E-state index >= 15 is 33.6 Å². The van der Waals surface area contributed by atoms with Crippen LogP contribution in [0.5, 0.6) is 5.75 Å². The van der Waals surface area contributed by atoms with Gasteiger partial charge in [0.25, 0.3) is 0 Å².